The number of ether oxygens (including phenoxy) is 1. The molecule has 0 radical (unpaired) electrons. The second kappa shape index (κ2) is 9.75. The zero-order chi connectivity index (χ0) is 23.9. The molecule has 33 heavy (non-hydrogen) atoms. The molecule has 0 spiro atoms. The Balaban J connectivity index is 1.53. The summed E-state index contributed by atoms with van der Waals surface area (Å²) in [5, 5.41) is 0. The Morgan fingerprint density at radius 1 is 1.21 bits per heavy atom. The molecule has 1 aliphatic carbocycles. The molecule has 6 heteroatoms. The molecule has 1 saturated carbocycles. The van der Waals surface area contributed by atoms with Gasteiger partial charge in [0, 0.05) is 40.0 Å². The van der Waals surface area contributed by atoms with Crippen LogP contribution in [0.25, 0.3) is 0 Å². The van der Waals surface area contributed by atoms with Gasteiger partial charge in [-0.1, -0.05) is 6.92 Å². The Bertz CT molecular complexity index is 1020. The summed E-state index contributed by atoms with van der Waals surface area (Å²) < 4.78 is 5.55. The molecule has 1 fully saturated rings. The minimum atomic E-state index is 0.168. The van der Waals surface area contributed by atoms with Gasteiger partial charge in [-0.3, -0.25) is 4.79 Å². The van der Waals surface area contributed by atoms with Gasteiger partial charge in [-0.2, -0.15) is 0 Å². The molecule has 180 valence electrons. The minimum Gasteiger partial charge on any atom is -0.481 e. The number of pyridine rings is 1. The Labute approximate surface area is 203 Å². The molecule has 1 unspecified atom stereocenters. The van der Waals surface area contributed by atoms with Crippen molar-refractivity contribution in [3.05, 3.63) is 43.8 Å². The molecule has 3 heterocycles. The van der Waals surface area contributed by atoms with Crippen molar-refractivity contribution in [2.45, 2.75) is 78.3 Å². The Kier molecular flexibility index (Phi) is 7.15. The van der Waals surface area contributed by atoms with Crippen LogP contribution in [0.2, 0.25) is 0 Å². The first-order valence-corrected chi connectivity index (χ1v) is 13.1. The van der Waals surface area contributed by atoms with Gasteiger partial charge in [-0.05, 0) is 89.6 Å². The van der Waals surface area contributed by atoms with Gasteiger partial charge in [0.2, 0.25) is 5.88 Å². The molecular formula is C27H39N3O2S. The third kappa shape index (κ3) is 4.69. The van der Waals surface area contributed by atoms with Crippen molar-refractivity contribution in [2.24, 2.45) is 5.92 Å². The standard InChI is InChI=1S/C27H39N3O2S/c1-16-14-17(2)28-26(32-7)22(16)15-30-13-12-23-24(27(30)31)19(4)25(33-23)18(3)20-8-10-21(11-9-20)29(5)6/h14,18,20-21H,8-13,15H2,1-7H3. The van der Waals surface area contributed by atoms with E-state index in [1.54, 1.807) is 7.11 Å². The maximum atomic E-state index is 13.6. The van der Waals surface area contributed by atoms with E-state index in [1.807, 2.05) is 23.2 Å². The Morgan fingerprint density at radius 2 is 1.91 bits per heavy atom. The third-order valence-corrected chi connectivity index (χ3v) is 9.49. The molecule has 2 aliphatic rings. The van der Waals surface area contributed by atoms with Crippen LogP contribution in [0.3, 0.4) is 0 Å². The number of hydrogen-bond donors (Lipinski definition) is 0. The van der Waals surface area contributed by atoms with Crippen molar-refractivity contribution in [3.63, 3.8) is 0 Å². The van der Waals surface area contributed by atoms with E-state index in [2.05, 4.69) is 50.8 Å². The number of amides is 1. The van der Waals surface area contributed by atoms with Gasteiger partial charge in [0.1, 0.15) is 0 Å². The number of carbonyl (C=O) groups is 1. The van der Waals surface area contributed by atoms with Gasteiger partial charge in [0.25, 0.3) is 5.91 Å². The van der Waals surface area contributed by atoms with Gasteiger partial charge >= 0.3 is 0 Å². The van der Waals surface area contributed by atoms with Gasteiger partial charge in [-0.25, -0.2) is 4.98 Å². The quantitative estimate of drug-likeness (QED) is 0.560. The zero-order valence-corrected chi connectivity index (χ0v) is 22.1. The number of rotatable bonds is 6. The van der Waals surface area contributed by atoms with E-state index in [9.17, 15) is 4.79 Å². The highest BCUT2D eigenvalue weighted by atomic mass is 32.1. The second-order valence-electron chi connectivity index (χ2n) is 10.3. The fraction of sp³-hybridized carbons (Fsp3) is 0.630. The molecule has 0 aromatic carbocycles. The maximum absolute atomic E-state index is 13.6. The fourth-order valence-electron chi connectivity index (χ4n) is 5.84. The Hall–Kier alpha value is -1.92. The molecule has 5 nitrogen and oxygen atoms in total. The molecule has 2 aromatic rings. The lowest BCUT2D eigenvalue weighted by molar-refractivity contribution is 0.0726. The molecule has 1 atom stereocenters. The number of aryl methyl sites for hydroxylation is 2. The van der Waals surface area contributed by atoms with Crippen LogP contribution in [-0.2, 0) is 13.0 Å². The predicted molar refractivity (Wildman–Crippen MR) is 136 cm³/mol. The average molecular weight is 470 g/mol. The lowest BCUT2D eigenvalue weighted by Crippen LogP contribution is -2.37. The van der Waals surface area contributed by atoms with Crippen LogP contribution in [0.4, 0.5) is 0 Å². The number of nitrogens with zero attached hydrogens (tertiary/aromatic N) is 3. The molecule has 1 amide bonds. The van der Waals surface area contributed by atoms with Crippen LogP contribution in [0, 0.1) is 26.7 Å². The molecule has 4 rings (SSSR count). The summed E-state index contributed by atoms with van der Waals surface area (Å²) in [6, 6.07) is 2.79. The summed E-state index contributed by atoms with van der Waals surface area (Å²) in [6.45, 7) is 9.92. The van der Waals surface area contributed by atoms with E-state index >= 15 is 0 Å². The van der Waals surface area contributed by atoms with Gasteiger partial charge in [-0.15, -0.1) is 11.3 Å². The first kappa shape index (κ1) is 24.2. The molecular weight excluding hydrogens is 430 g/mol. The zero-order valence-electron chi connectivity index (χ0n) is 21.3. The highest BCUT2D eigenvalue weighted by Crippen LogP contribution is 2.44. The van der Waals surface area contributed by atoms with Crippen molar-refractivity contribution in [2.75, 3.05) is 27.7 Å². The van der Waals surface area contributed by atoms with Crippen LogP contribution >= 0.6 is 11.3 Å². The van der Waals surface area contributed by atoms with Gasteiger partial charge in [0.05, 0.1) is 19.2 Å². The molecule has 0 bridgehead atoms. The summed E-state index contributed by atoms with van der Waals surface area (Å²) in [6.07, 6.45) is 6.07. The minimum absolute atomic E-state index is 0.168. The Morgan fingerprint density at radius 3 is 2.55 bits per heavy atom. The number of fused-ring (bicyclic) bond motifs is 1. The summed E-state index contributed by atoms with van der Waals surface area (Å²) in [4.78, 5) is 25.2. The van der Waals surface area contributed by atoms with Crippen molar-refractivity contribution in [1.82, 2.24) is 14.8 Å². The number of thiophene rings is 1. The molecule has 0 N–H and O–H groups in total. The fourth-order valence-corrected chi connectivity index (χ4v) is 7.28. The highest BCUT2D eigenvalue weighted by Gasteiger charge is 2.34. The third-order valence-electron chi connectivity index (χ3n) is 7.94. The average Bonchev–Trinajstić information content (AvgIpc) is 3.13. The van der Waals surface area contributed by atoms with Crippen LogP contribution in [0.15, 0.2) is 6.07 Å². The van der Waals surface area contributed by atoms with E-state index in [4.69, 9.17) is 4.74 Å². The first-order chi connectivity index (χ1) is 15.7. The summed E-state index contributed by atoms with van der Waals surface area (Å²) >= 11 is 1.90. The number of methoxy groups -OCH3 is 1. The molecule has 1 aliphatic heterocycles. The first-order valence-electron chi connectivity index (χ1n) is 12.3. The van der Waals surface area contributed by atoms with E-state index in [0.717, 1.165) is 47.3 Å². The van der Waals surface area contributed by atoms with E-state index in [1.165, 1.54) is 41.0 Å². The van der Waals surface area contributed by atoms with Crippen molar-refractivity contribution >= 4 is 17.2 Å². The summed E-state index contributed by atoms with van der Waals surface area (Å²) in [7, 11) is 6.06. The molecule has 0 saturated heterocycles. The van der Waals surface area contributed by atoms with Crippen molar-refractivity contribution in [1.29, 1.82) is 0 Å². The second-order valence-corrected chi connectivity index (χ2v) is 11.4. The summed E-state index contributed by atoms with van der Waals surface area (Å²) in [5.74, 6) is 2.04. The van der Waals surface area contributed by atoms with Crippen molar-refractivity contribution < 1.29 is 9.53 Å². The molecule has 2 aromatic heterocycles. The van der Waals surface area contributed by atoms with Gasteiger partial charge in [0.15, 0.2) is 0 Å². The van der Waals surface area contributed by atoms with Crippen molar-refractivity contribution in [3.8, 4) is 5.88 Å². The number of hydrogen-bond acceptors (Lipinski definition) is 5. The van der Waals surface area contributed by atoms with Gasteiger partial charge < -0.3 is 14.5 Å². The van der Waals surface area contributed by atoms with E-state index < -0.39 is 0 Å². The lowest BCUT2D eigenvalue weighted by atomic mass is 9.77. The van der Waals surface area contributed by atoms with E-state index in [0.29, 0.717) is 18.3 Å². The monoisotopic (exact) mass is 469 g/mol. The summed E-state index contributed by atoms with van der Waals surface area (Å²) in [5.41, 5.74) is 5.26. The largest absolute Gasteiger partial charge is 0.481 e. The number of carbonyl (C=O) groups excluding carboxylic acids is 1. The SMILES string of the molecule is COc1nc(C)cc(C)c1CN1CCc2sc(C(C)C3CCC(N(C)C)CC3)c(C)c2C1=O. The smallest absolute Gasteiger partial charge is 0.255 e. The normalized spacial score (nSPS) is 21.9. The topological polar surface area (TPSA) is 45.7 Å². The van der Waals surface area contributed by atoms with Crippen LogP contribution in [0.5, 0.6) is 5.88 Å². The maximum Gasteiger partial charge on any atom is 0.255 e. The van der Waals surface area contributed by atoms with Crippen LogP contribution in [-0.4, -0.2) is 54.5 Å². The van der Waals surface area contributed by atoms with Crippen LogP contribution < -0.4 is 4.74 Å². The lowest BCUT2D eigenvalue weighted by Gasteiger charge is -2.35. The predicted octanol–water partition coefficient (Wildman–Crippen LogP) is 5.50. The van der Waals surface area contributed by atoms with Crippen LogP contribution in [0.1, 0.15) is 81.0 Å². The van der Waals surface area contributed by atoms with E-state index in [-0.39, 0.29) is 5.91 Å². The number of aromatic nitrogens is 1. The highest BCUT2D eigenvalue weighted by molar-refractivity contribution is 7.12.